The quantitative estimate of drug-likeness (QED) is 0.717. The first kappa shape index (κ1) is 20.0. The van der Waals surface area contributed by atoms with Crippen LogP contribution in [0.2, 0.25) is 0 Å². The maximum atomic E-state index is 12.4. The van der Waals surface area contributed by atoms with Gasteiger partial charge in [-0.2, -0.15) is 8.78 Å². The summed E-state index contributed by atoms with van der Waals surface area (Å²) in [5.41, 5.74) is 1.56. The van der Waals surface area contributed by atoms with Crippen LogP contribution in [0.15, 0.2) is 41.8 Å². The molecular weight excluding hydrogens is 386 g/mol. The summed E-state index contributed by atoms with van der Waals surface area (Å²) < 4.78 is 29.2. The summed E-state index contributed by atoms with van der Waals surface area (Å²) in [6.45, 7) is -1.41. The number of hydrogen-bond donors (Lipinski definition) is 1. The first-order valence-corrected chi connectivity index (χ1v) is 9.73. The Kier molecular flexibility index (Phi) is 6.76. The van der Waals surface area contributed by atoms with Gasteiger partial charge >= 0.3 is 6.61 Å². The lowest BCUT2D eigenvalue weighted by atomic mass is 10.1. The highest BCUT2D eigenvalue weighted by Crippen LogP contribution is 2.24. The number of alkyl halides is 2. The third kappa shape index (κ3) is 5.39. The molecule has 0 aliphatic carbocycles. The Morgan fingerprint density at radius 3 is 2.93 bits per heavy atom. The molecule has 0 fully saturated rings. The van der Waals surface area contributed by atoms with Gasteiger partial charge in [-0.1, -0.05) is 18.2 Å². The van der Waals surface area contributed by atoms with E-state index in [1.807, 2.05) is 11.4 Å². The fourth-order valence-corrected chi connectivity index (χ4v) is 3.85. The van der Waals surface area contributed by atoms with Gasteiger partial charge in [-0.15, -0.1) is 11.3 Å². The summed E-state index contributed by atoms with van der Waals surface area (Å²) in [6, 6.07) is 8.24. The number of para-hydroxylation sites is 1. The molecule has 0 spiro atoms. The van der Waals surface area contributed by atoms with Crippen molar-refractivity contribution in [1.29, 1.82) is 0 Å². The van der Waals surface area contributed by atoms with E-state index in [9.17, 15) is 18.4 Å². The van der Waals surface area contributed by atoms with Gasteiger partial charge in [0.25, 0.3) is 0 Å². The van der Waals surface area contributed by atoms with Crippen LogP contribution in [0.4, 0.5) is 8.78 Å². The number of ether oxygens (including phenoxy) is 1. The molecule has 1 aromatic heterocycles. The molecule has 2 amide bonds. The van der Waals surface area contributed by atoms with Gasteiger partial charge in [-0.3, -0.25) is 9.59 Å². The van der Waals surface area contributed by atoms with Gasteiger partial charge in [0.2, 0.25) is 11.8 Å². The topological polar surface area (TPSA) is 58.6 Å². The molecule has 2 aromatic rings. The number of hydrogen-bond acceptors (Lipinski definition) is 4. The van der Waals surface area contributed by atoms with Crippen LogP contribution in [-0.2, 0) is 22.6 Å². The monoisotopic (exact) mass is 406 g/mol. The lowest BCUT2D eigenvalue weighted by molar-refractivity contribution is -0.132. The maximum absolute atomic E-state index is 12.4. The predicted molar refractivity (Wildman–Crippen MR) is 103 cm³/mol. The molecule has 0 atom stereocenters. The molecule has 0 radical (unpaired) electrons. The molecule has 148 valence electrons. The molecule has 3 rings (SSSR count). The van der Waals surface area contributed by atoms with Gasteiger partial charge in [-0.25, -0.2) is 0 Å². The number of nitrogens with zero attached hydrogens (tertiary/aromatic N) is 1. The number of nitrogens with one attached hydrogen (secondary N) is 1. The van der Waals surface area contributed by atoms with E-state index < -0.39 is 12.5 Å². The van der Waals surface area contributed by atoms with Crippen LogP contribution in [0.5, 0.6) is 5.75 Å². The minimum Gasteiger partial charge on any atom is -0.434 e. The van der Waals surface area contributed by atoms with E-state index in [0.717, 1.165) is 6.42 Å². The SMILES string of the molecule is O=C(/C=C/c1ccccc1OC(F)F)NCCC(=O)N1CCc2sccc2C1. The summed E-state index contributed by atoms with van der Waals surface area (Å²) >= 11 is 1.72. The van der Waals surface area contributed by atoms with E-state index >= 15 is 0 Å². The van der Waals surface area contributed by atoms with E-state index in [4.69, 9.17) is 0 Å². The molecule has 0 saturated heterocycles. The standard InChI is InChI=1S/C20H20F2N2O3S/c21-20(22)27-16-4-2-1-3-14(16)5-6-18(25)23-10-7-19(26)24-11-8-17-15(13-24)9-12-28-17/h1-6,9,12,20H,7-8,10-11,13H2,(H,23,25)/b6-5+. The lowest BCUT2D eigenvalue weighted by Crippen LogP contribution is -2.37. The van der Waals surface area contributed by atoms with Gasteiger partial charge in [0.15, 0.2) is 0 Å². The second-order valence-corrected chi connectivity index (χ2v) is 7.23. The van der Waals surface area contributed by atoms with Crippen LogP contribution < -0.4 is 10.1 Å². The number of amides is 2. The van der Waals surface area contributed by atoms with Crippen LogP contribution in [0.1, 0.15) is 22.4 Å². The average molecular weight is 406 g/mol. The Balaban J connectivity index is 1.45. The summed E-state index contributed by atoms with van der Waals surface area (Å²) in [5.74, 6) is -0.412. The van der Waals surface area contributed by atoms with E-state index in [0.29, 0.717) is 18.7 Å². The molecule has 1 N–H and O–H groups in total. The second-order valence-electron chi connectivity index (χ2n) is 6.22. The van der Waals surface area contributed by atoms with E-state index in [1.54, 1.807) is 34.4 Å². The van der Waals surface area contributed by atoms with Gasteiger partial charge in [0.1, 0.15) is 5.75 Å². The number of carbonyl (C=O) groups is 2. The minimum atomic E-state index is -2.94. The molecule has 0 saturated carbocycles. The average Bonchev–Trinajstić information content (AvgIpc) is 3.14. The van der Waals surface area contributed by atoms with E-state index in [1.165, 1.54) is 28.7 Å². The van der Waals surface area contributed by atoms with Crippen molar-refractivity contribution in [2.75, 3.05) is 13.1 Å². The number of fused-ring (bicyclic) bond motifs is 1. The Hall–Kier alpha value is -2.74. The smallest absolute Gasteiger partial charge is 0.387 e. The van der Waals surface area contributed by atoms with Crippen LogP contribution in [0.3, 0.4) is 0 Å². The zero-order valence-electron chi connectivity index (χ0n) is 15.1. The Morgan fingerprint density at radius 1 is 1.29 bits per heavy atom. The normalized spacial score (nSPS) is 13.6. The highest BCUT2D eigenvalue weighted by atomic mass is 32.1. The van der Waals surface area contributed by atoms with E-state index in [-0.39, 0.29) is 24.6 Å². The highest BCUT2D eigenvalue weighted by Gasteiger charge is 2.21. The summed E-state index contributed by atoms with van der Waals surface area (Å²) in [5, 5.41) is 4.67. The van der Waals surface area contributed by atoms with Crippen molar-refractivity contribution < 1.29 is 23.1 Å². The van der Waals surface area contributed by atoms with Gasteiger partial charge in [-0.05, 0) is 35.6 Å². The first-order valence-electron chi connectivity index (χ1n) is 8.85. The zero-order chi connectivity index (χ0) is 19.9. The molecule has 28 heavy (non-hydrogen) atoms. The second kappa shape index (κ2) is 9.45. The molecule has 1 aliphatic rings. The Bertz CT molecular complexity index is 867. The van der Waals surface area contributed by atoms with Crippen LogP contribution in [-0.4, -0.2) is 36.4 Å². The Labute approximate surface area is 165 Å². The summed E-state index contributed by atoms with van der Waals surface area (Å²) in [4.78, 5) is 27.4. The number of rotatable bonds is 7. The van der Waals surface area contributed by atoms with Crippen LogP contribution >= 0.6 is 11.3 Å². The summed E-state index contributed by atoms with van der Waals surface area (Å²) in [7, 11) is 0. The molecule has 0 bridgehead atoms. The van der Waals surface area contributed by atoms with Crippen molar-refractivity contribution in [2.45, 2.75) is 26.0 Å². The molecule has 8 heteroatoms. The van der Waals surface area contributed by atoms with Crippen LogP contribution in [0, 0.1) is 0 Å². The first-order chi connectivity index (χ1) is 13.5. The fourth-order valence-electron chi connectivity index (χ4n) is 2.96. The van der Waals surface area contributed by atoms with Crippen molar-refractivity contribution in [3.63, 3.8) is 0 Å². The number of halogens is 2. The van der Waals surface area contributed by atoms with Crippen molar-refractivity contribution in [3.8, 4) is 5.75 Å². The van der Waals surface area contributed by atoms with E-state index in [2.05, 4.69) is 10.1 Å². The third-order valence-electron chi connectivity index (χ3n) is 4.35. The van der Waals surface area contributed by atoms with Crippen molar-refractivity contribution in [1.82, 2.24) is 10.2 Å². The van der Waals surface area contributed by atoms with Crippen molar-refractivity contribution in [2.24, 2.45) is 0 Å². The zero-order valence-corrected chi connectivity index (χ0v) is 15.9. The summed E-state index contributed by atoms with van der Waals surface area (Å²) in [6.07, 6.45) is 3.71. The molecule has 0 unspecified atom stereocenters. The molecule has 1 aromatic carbocycles. The van der Waals surface area contributed by atoms with Gasteiger partial charge in [0, 0.05) is 42.6 Å². The van der Waals surface area contributed by atoms with Gasteiger partial charge in [0.05, 0.1) is 0 Å². The fraction of sp³-hybridized carbons (Fsp3) is 0.300. The predicted octanol–water partition coefficient (Wildman–Crippen LogP) is 3.45. The molecule has 2 heterocycles. The maximum Gasteiger partial charge on any atom is 0.387 e. The third-order valence-corrected chi connectivity index (χ3v) is 5.37. The number of benzene rings is 1. The molecule has 1 aliphatic heterocycles. The number of carbonyl (C=O) groups excluding carboxylic acids is 2. The molecular formula is C20H20F2N2O3S. The minimum absolute atomic E-state index is 0.00295. The largest absolute Gasteiger partial charge is 0.434 e. The Morgan fingerprint density at radius 2 is 2.11 bits per heavy atom. The van der Waals surface area contributed by atoms with Crippen molar-refractivity contribution in [3.05, 3.63) is 57.8 Å². The number of thiophene rings is 1. The van der Waals surface area contributed by atoms with Crippen LogP contribution in [0.25, 0.3) is 6.08 Å². The lowest BCUT2D eigenvalue weighted by Gasteiger charge is -2.27. The highest BCUT2D eigenvalue weighted by molar-refractivity contribution is 7.10. The van der Waals surface area contributed by atoms with Crippen molar-refractivity contribution >= 4 is 29.2 Å². The van der Waals surface area contributed by atoms with Gasteiger partial charge < -0.3 is 15.0 Å². The molecule has 5 nitrogen and oxygen atoms in total.